The summed E-state index contributed by atoms with van der Waals surface area (Å²) < 4.78 is 13.0. The molecule has 400 valence electrons. The molecule has 2 saturated carbocycles. The molecule has 0 unspecified atom stereocenters. The molecular formula is C57H62Cl2N6O9S2. The van der Waals surface area contributed by atoms with Crippen LogP contribution in [-0.2, 0) is 32.5 Å². The van der Waals surface area contributed by atoms with E-state index in [-0.39, 0.29) is 44.0 Å². The summed E-state index contributed by atoms with van der Waals surface area (Å²) in [7, 11) is 0. The molecule has 6 aliphatic rings. The number of thiophene rings is 2. The predicted octanol–water partition coefficient (Wildman–Crippen LogP) is 10.1. The number of hydrogen-bond donors (Lipinski definition) is 5. The fraction of sp³-hybridized carbons (Fsp3) is 0.368. The zero-order valence-electron chi connectivity index (χ0n) is 41.0. The first-order valence-corrected chi connectivity index (χ1v) is 27.6. The van der Waals surface area contributed by atoms with E-state index in [1.165, 1.54) is 29.1 Å². The number of rotatable bonds is 17. The van der Waals surface area contributed by atoms with Gasteiger partial charge in [0.05, 0.1) is 33.0 Å². The summed E-state index contributed by atoms with van der Waals surface area (Å²) in [5.41, 5.74) is 12.9. The van der Waals surface area contributed by atoms with Gasteiger partial charge in [0.1, 0.15) is 30.8 Å². The molecule has 12 rings (SSSR count). The number of likely N-dealkylation sites (tertiary alicyclic amines) is 2. The minimum atomic E-state index is -1.09. The van der Waals surface area contributed by atoms with Gasteiger partial charge in [-0.3, -0.25) is 4.79 Å². The molecule has 0 spiro atoms. The van der Waals surface area contributed by atoms with Crippen LogP contribution in [0.5, 0.6) is 11.5 Å². The van der Waals surface area contributed by atoms with Crippen molar-refractivity contribution in [2.24, 2.45) is 16.0 Å². The van der Waals surface area contributed by atoms with Crippen molar-refractivity contribution < 1.29 is 44.1 Å². The number of nitrogens with zero attached hydrogens (tertiary/aromatic N) is 4. The van der Waals surface area contributed by atoms with Gasteiger partial charge in [-0.05, 0) is 148 Å². The Hall–Kier alpha value is -5.86. The Kier molecular flexibility index (Phi) is 18.1. The lowest BCUT2D eigenvalue weighted by atomic mass is 9.97. The molecule has 6 aromatic rings. The number of oxime groups is 2. The van der Waals surface area contributed by atoms with Crippen molar-refractivity contribution >= 4 is 69.2 Å². The number of benzene rings is 4. The molecule has 4 atom stereocenters. The van der Waals surface area contributed by atoms with E-state index in [4.69, 9.17) is 53.2 Å². The Labute approximate surface area is 460 Å². The van der Waals surface area contributed by atoms with Crippen LogP contribution in [-0.4, -0.2) is 112 Å². The molecule has 4 aromatic carbocycles. The number of aliphatic carboxylic acids is 1. The molecule has 6 N–H and O–H groups in total. The van der Waals surface area contributed by atoms with E-state index in [1.54, 1.807) is 6.07 Å². The van der Waals surface area contributed by atoms with Crippen LogP contribution >= 0.6 is 45.9 Å². The molecule has 0 radical (unpaired) electrons. The molecule has 2 aromatic heterocycles. The minimum Gasteiger partial charge on any atom is -0.490 e. The van der Waals surface area contributed by atoms with Crippen molar-refractivity contribution in [3.8, 4) is 32.4 Å². The summed E-state index contributed by atoms with van der Waals surface area (Å²) in [4.78, 5) is 41.5. The van der Waals surface area contributed by atoms with Gasteiger partial charge in [-0.1, -0.05) is 89.5 Å². The number of carbonyl (C=O) groups is 2. The summed E-state index contributed by atoms with van der Waals surface area (Å²) in [6.07, 6.45) is 6.11. The van der Waals surface area contributed by atoms with Gasteiger partial charge < -0.3 is 55.3 Å². The molecule has 4 fully saturated rings. The summed E-state index contributed by atoms with van der Waals surface area (Å²) >= 11 is 15.0. The first kappa shape index (κ1) is 54.9. The summed E-state index contributed by atoms with van der Waals surface area (Å²) in [6.45, 7) is 6.00. The van der Waals surface area contributed by atoms with Crippen LogP contribution in [0.4, 0.5) is 0 Å². The van der Waals surface area contributed by atoms with E-state index in [0.29, 0.717) is 24.3 Å². The number of halogens is 2. The van der Waals surface area contributed by atoms with Gasteiger partial charge in [-0.25, -0.2) is 4.79 Å². The second-order valence-corrected chi connectivity index (χ2v) is 22.8. The SMILES string of the molecule is C.N[C@H](CN1CCC1)[C@H](O)c1ccc(OC2CC2)cc1.O=C(N[C@H](CN1CCC1)[C@H](O)c1ccc(OC2CC2)cc1)C1=NOCc2cc(-c3ccc(Cl)s3)ccc21.O=C(O)C1=NOCc2cc(-c3ccc(Cl)s3)ccc21. The smallest absolute Gasteiger partial charge is 0.358 e. The Morgan fingerprint density at radius 2 is 1.12 bits per heavy atom. The summed E-state index contributed by atoms with van der Waals surface area (Å²) in [5, 5.41) is 41.3. The highest BCUT2D eigenvalue weighted by atomic mass is 35.5. The monoisotopic (exact) mass is 1110 g/mol. The molecule has 2 aliphatic carbocycles. The number of carbonyl (C=O) groups excluding carboxylic acids is 1. The van der Waals surface area contributed by atoms with Crippen LogP contribution in [0.1, 0.15) is 91.5 Å². The number of hydrogen-bond acceptors (Lipinski definition) is 15. The lowest BCUT2D eigenvalue weighted by molar-refractivity contribution is -0.129. The number of amides is 1. The first-order valence-electron chi connectivity index (χ1n) is 25.2. The lowest BCUT2D eigenvalue weighted by Gasteiger charge is -2.36. The molecule has 15 nitrogen and oxygen atoms in total. The number of carboxylic acid groups (broad SMARTS) is 1. The van der Waals surface area contributed by atoms with Gasteiger partial charge >= 0.3 is 5.97 Å². The van der Waals surface area contributed by atoms with Crippen molar-refractivity contribution in [3.63, 3.8) is 0 Å². The molecule has 6 heterocycles. The third-order valence-corrected chi connectivity index (χ3v) is 16.2. The fourth-order valence-electron chi connectivity index (χ4n) is 8.87. The Bertz CT molecular complexity index is 3030. The van der Waals surface area contributed by atoms with Crippen LogP contribution in [0.25, 0.3) is 20.9 Å². The third-order valence-electron chi connectivity index (χ3n) is 13.6. The van der Waals surface area contributed by atoms with E-state index in [1.807, 2.05) is 103 Å². The van der Waals surface area contributed by atoms with E-state index in [9.17, 15) is 19.8 Å². The van der Waals surface area contributed by atoms with Crippen molar-refractivity contribution in [2.75, 3.05) is 39.3 Å². The zero-order valence-corrected chi connectivity index (χ0v) is 44.1. The van der Waals surface area contributed by atoms with Crippen LogP contribution in [0.15, 0.2) is 120 Å². The van der Waals surface area contributed by atoms with E-state index in [0.717, 1.165) is 134 Å². The topological polar surface area (TPSA) is 201 Å². The molecule has 2 saturated heterocycles. The van der Waals surface area contributed by atoms with E-state index < -0.39 is 24.2 Å². The van der Waals surface area contributed by atoms with Crippen molar-refractivity contribution in [1.29, 1.82) is 0 Å². The normalized spacial score (nSPS) is 18.1. The molecular weight excluding hydrogens is 1050 g/mol. The van der Waals surface area contributed by atoms with E-state index >= 15 is 0 Å². The van der Waals surface area contributed by atoms with Crippen molar-refractivity contribution in [2.45, 2.75) is 95.7 Å². The lowest BCUT2D eigenvalue weighted by Crippen LogP contribution is -2.52. The predicted molar refractivity (Wildman–Crippen MR) is 299 cm³/mol. The van der Waals surface area contributed by atoms with Crippen LogP contribution in [0, 0.1) is 0 Å². The Morgan fingerprint density at radius 1 is 0.658 bits per heavy atom. The second-order valence-electron chi connectivity index (χ2n) is 19.4. The first-order chi connectivity index (χ1) is 36.4. The Balaban J connectivity index is 0.000000152. The molecule has 0 bridgehead atoms. The van der Waals surface area contributed by atoms with Gasteiger partial charge in [0.2, 0.25) is 0 Å². The fourth-order valence-corrected chi connectivity index (χ4v) is 11.0. The highest BCUT2D eigenvalue weighted by Gasteiger charge is 2.32. The van der Waals surface area contributed by atoms with Crippen LogP contribution in [0.2, 0.25) is 8.67 Å². The largest absolute Gasteiger partial charge is 0.490 e. The average Bonchev–Trinajstić information content (AvgIpc) is 4.32. The highest BCUT2D eigenvalue weighted by Crippen LogP contribution is 2.36. The van der Waals surface area contributed by atoms with Crippen LogP contribution in [0.3, 0.4) is 0 Å². The number of nitrogens with one attached hydrogen (secondary N) is 1. The number of aliphatic hydroxyl groups excluding tert-OH is 2. The zero-order chi connectivity index (χ0) is 52.0. The second kappa shape index (κ2) is 25.1. The maximum Gasteiger partial charge on any atom is 0.358 e. The van der Waals surface area contributed by atoms with Gasteiger partial charge in [-0.2, -0.15) is 0 Å². The number of nitrogens with two attached hydrogens (primary N) is 1. The minimum absolute atomic E-state index is 0. The highest BCUT2D eigenvalue weighted by molar-refractivity contribution is 7.19. The number of aliphatic hydroxyl groups is 2. The molecule has 4 aliphatic heterocycles. The summed E-state index contributed by atoms with van der Waals surface area (Å²) in [6, 6.07) is 33.5. The maximum atomic E-state index is 13.4. The van der Waals surface area contributed by atoms with Gasteiger partial charge in [0.25, 0.3) is 5.91 Å². The third kappa shape index (κ3) is 14.0. The standard InChI is InChI=1S/C28H28ClN3O4S.C15H22N2O2.C13H8ClNO3S.CH4/c29-25-11-10-24(37-25)18-4-9-22-19(14-18)16-35-31-26(22)28(34)30-23(15-32-12-1-13-32)27(33)17-2-5-20(6-3-17)36-21-7-8-21;16-14(10-17-8-1-9-17)15(18)11-2-4-12(5-3-11)19-13-6-7-13;14-11-4-3-10(19-11)7-1-2-9-8(5-7)6-18-15-12(9)13(16)17;/h2-6,9-11,14,21,23,27,33H,1,7-8,12-13,15-16H2,(H,30,34);2-5,13-15,18H,1,6-10,16H2;1-5H,6H2,(H,16,17);1H4/t23-,27-;14-,15-;;/m11../s1. The molecule has 76 heavy (non-hydrogen) atoms. The van der Waals surface area contributed by atoms with Crippen LogP contribution < -0.4 is 20.5 Å². The molecule has 1 amide bonds. The molecule has 19 heteroatoms. The Morgan fingerprint density at radius 3 is 1.55 bits per heavy atom. The maximum absolute atomic E-state index is 13.4. The van der Waals surface area contributed by atoms with Crippen molar-refractivity contribution in [3.05, 3.63) is 151 Å². The quantitative estimate of drug-likeness (QED) is 0.0580. The number of carboxylic acids is 1. The van der Waals surface area contributed by atoms with Gasteiger partial charge in [0, 0.05) is 51.1 Å². The van der Waals surface area contributed by atoms with Crippen molar-refractivity contribution in [1.82, 2.24) is 15.1 Å². The van der Waals surface area contributed by atoms with Gasteiger partial charge in [0.15, 0.2) is 11.4 Å². The number of ether oxygens (including phenoxy) is 2. The van der Waals surface area contributed by atoms with E-state index in [2.05, 4.69) is 25.4 Å². The average molecular weight is 1110 g/mol. The number of fused-ring (bicyclic) bond motifs is 2. The van der Waals surface area contributed by atoms with Gasteiger partial charge in [-0.15, -0.1) is 22.7 Å². The summed E-state index contributed by atoms with van der Waals surface area (Å²) in [5.74, 6) is 0.227.